The lowest BCUT2D eigenvalue weighted by Crippen LogP contribution is -2.16. The van der Waals surface area contributed by atoms with Crippen LogP contribution in [0.5, 0.6) is 11.5 Å². The number of carbonyl (C=O) groups is 1. The van der Waals surface area contributed by atoms with Crippen LogP contribution < -0.4 is 9.47 Å². The SMILES string of the molecule is Cc1ccc2c(c1C=O)OCCO2. The monoisotopic (exact) mass is 178 g/mol. The van der Waals surface area contributed by atoms with Gasteiger partial charge in [0.2, 0.25) is 0 Å². The van der Waals surface area contributed by atoms with Crippen molar-refractivity contribution < 1.29 is 14.3 Å². The van der Waals surface area contributed by atoms with Crippen molar-refractivity contribution in [2.24, 2.45) is 0 Å². The fraction of sp³-hybridized carbons (Fsp3) is 0.300. The molecule has 0 atom stereocenters. The summed E-state index contributed by atoms with van der Waals surface area (Å²) in [6.07, 6.45) is 0.808. The summed E-state index contributed by atoms with van der Waals surface area (Å²) in [4.78, 5) is 10.8. The number of ether oxygens (including phenoxy) is 2. The summed E-state index contributed by atoms with van der Waals surface area (Å²) in [6, 6.07) is 3.69. The Labute approximate surface area is 76.3 Å². The standard InChI is InChI=1S/C10H10O3/c1-7-2-3-9-10(8(7)6-11)13-5-4-12-9/h2-3,6H,4-5H2,1H3. The minimum Gasteiger partial charge on any atom is -0.486 e. The van der Waals surface area contributed by atoms with Crippen molar-refractivity contribution in [2.45, 2.75) is 6.92 Å². The van der Waals surface area contributed by atoms with Crippen LogP contribution in [0.1, 0.15) is 15.9 Å². The first-order valence-corrected chi connectivity index (χ1v) is 4.17. The molecule has 0 saturated carbocycles. The molecule has 0 fully saturated rings. The molecule has 13 heavy (non-hydrogen) atoms. The van der Waals surface area contributed by atoms with Gasteiger partial charge in [-0.1, -0.05) is 6.07 Å². The Morgan fingerprint density at radius 2 is 2.08 bits per heavy atom. The largest absolute Gasteiger partial charge is 0.486 e. The molecule has 0 N–H and O–H groups in total. The molecule has 1 aliphatic rings. The maximum absolute atomic E-state index is 10.8. The van der Waals surface area contributed by atoms with E-state index in [0.717, 1.165) is 11.8 Å². The second kappa shape index (κ2) is 3.09. The molecule has 0 aromatic heterocycles. The number of aryl methyl sites for hydroxylation is 1. The van der Waals surface area contributed by atoms with Gasteiger partial charge in [-0.05, 0) is 18.6 Å². The number of hydrogen-bond acceptors (Lipinski definition) is 3. The molecular weight excluding hydrogens is 168 g/mol. The molecule has 0 bridgehead atoms. The molecule has 1 aromatic rings. The van der Waals surface area contributed by atoms with E-state index in [9.17, 15) is 4.79 Å². The zero-order valence-electron chi connectivity index (χ0n) is 7.37. The van der Waals surface area contributed by atoms with Crippen molar-refractivity contribution in [2.75, 3.05) is 13.2 Å². The normalized spacial score (nSPS) is 13.9. The Bertz CT molecular complexity index is 344. The van der Waals surface area contributed by atoms with Crippen molar-refractivity contribution in [3.63, 3.8) is 0 Å². The second-order valence-corrected chi connectivity index (χ2v) is 2.94. The van der Waals surface area contributed by atoms with Crippen molar-refractivity contribution in [3.05, 3.63) is 23.3 Å². The molecule has 3 heteroatoms. The number of fused-ring (bicyclic) bond motifs is 1. The van der Waals surface area contributed by atoms with E-state index in [1.807, 2.05) is 19.1 Å². The Balaban J connectivity index is 2.58. The van der Waals surface area contributed by atoms with Crippen LogP contribution in [-0.2, 0) is 0 Å². The summed E-state index contributed by atoms with van der Waals surface area (Å²) in [6.45, 7) is 2.94. The molecule has 1 aromatic carbocycles. The quantitative estimate of drug-likeness (QED) is 0.612. The lowest BCUT2D eigenvalue weighted by molar-refractivity contribution is 0.111. The number of benzene rings is 1. The fourth-order valence-electron chi connectivity index (χ4n) is 1.38. The molecule has 68 valence electrons. The highest BCUT2D eigenvalue weighted by Crippen LogP contribution is 2.34. The highest BCUT2D eigenvalue weighted by molar-refractivity contribution is 5.83. The predicted molar refractivity (Wildman–Crippen MR) is 47.6 cm³/mol. The van der Waals surface area contributed by atoms with Gasteiger partial charge in [0.25, 0.3) is 0 Å². The van der Waals surface area contributed by atoms with Gasteiger partial charge in [-0.25, -0.2) is 0 Å². The molecule has 0 saturated heterocycles. The van der Waals surface area contributed by atoms with Gasteiger partial charge in [-0.3, -0.25) is 4.79 Å². The van der Waals surface area contributed by atoms with E-state index in [4.69, 9.17) is 9.47 Å². The molecule has 0 amide bonds. The van der Waals surface area contributed by atoms with Gasteiger partial charge in [0.1, 0.15) is 13.2 Å². The van der Waals surface area contributed by atoms with Gasteiger partial charge in [0.05, 0.1) is 5.56 Å². The molecule has 3 nitrogen and oxygen atoms in total. The summed E-state index contributed by atoms with van der Waals surface area (Å²) in [5, 5.41) is 0. The molecule has 0 aliphatic carbocycles. The van der Waals surface area contributed by atoms with Crippen LogP contribution in [0.2, 0.25) is 0 Å². The summed E-state index contributed by atoms with van der Waals surface area (Å²) in [5.41, 5.74) is 1.51. The lowest BCUT2D eigenvalue weighted by atomic mass is 10.1. The van der Waals surface area contributed by atoms with Gasteiger partial charge >= 0.3 is 0 Å². The van der Waals surface area contributed by atoms with E-state index in [2.05, 4.69) is 0 Å². The minimum atomic E-state index is 0.511. The highest BCUT2D eigenvalue weighted by atomic mass is 16.6. The third kappa shape index (κ3) is 1.26. The molecule has 1 heterocycles. The van der Waals surface area contributed by atoms with Crippen LogP contribution in [0.15, 0.2) is 12.1 Å². The zero-order chi connectivity index (χ0) is 9.26. The van der Waals surface area contributed by atoms with Gasteiger partial charge in [0, 0.05) is 0 Å². The first-order valence-electron chi connectivity index (χ1n) is 4.17. The number of aldehydes is 1. The molecule has 2 rings (SSSR count). The number of hydrogen-bond donors (Lipinski definition) is 0. The summed E-state index contributed by atoms with van der Waals surface area (Å²) >= 11 is 0. The van der Waals surface area contributed by atoms with Crippen molar-refractivity contribution in [3.8, 4) is 11.5 Å². The molecule has 0 unspecified atom stereocenters. The van der Waals surface area contributed by atoms with Crippen LogP contribution in [0.25, 0.3) is 0 Å². The number of rotatable bonds is 1. The predicted octanol–water partition coefficient (Wildman–Crippen LogP) is 1.58. The smallest absolute Gasteiger partial charge is 0.172 e. The average molecular weight is 178 g/mol. The van der Waals surface area contributed by atoms with Crippen molar-refractivity contribution >= 4 is 6.29 Å². The molecule has 0 spiro atoms. The first kappa shape index (κ1) is 8.10. The van der Waals surface area contributed by atoms with E-state index in [1.165, 1.54) is 0 Å². The topological polar surface area (TPSA) is 35.5 Å². The van der Waals surface area contributed by atoms with E-state index < -0.39 is 0 Å². The van der Waals surface area contributed by atoms with Crippen LogP contribution in [0.4, 0.5) is 0 Å². The third-order valence-corrected chi connectivity index (χ3v) is 2.08. The molecule has 0 radical (unpaired) electrons. The van der Waals surface area contributed by atoms with Crippen LogP contribution in [-0.4, -0.2) is 19.5 Å². The van der Waals surface area contributed by atoms with Gasteiger partial charge in [-0.15, -0.1) is 0 Å². The van der Waals surface area contributed by atoms with Gasteiger partial charge < -0.3 is 9.47 Å². The second-order valence-electron chi connectivity index (χ2n) is 2.94. The average Bonchev–Trinajstić information content (AvgIpc) is 2.18. The van der Waals surface area contributed by atoms with E-state index in [-0.39, 0.29) is 0 Å². The van der Waals surface area contributed by atoms with E-state index in [0.29, 0.717) is 30.3 Å². The van der Waals surface area contributed by atoms with E-state index in [1.54, 1.807) is 0 Å². The van der Waals surface area contributed by atoms with Crippen LogP contribution in [0.3, 0.4) is 0 Å². The van der Waals surface area contributed by atoms with E-state index >= 15 is 0 Å². The highest BCUT2D eigenvalue weighted by Gasteiger charge is 2.16. The zero-order valence-corrected chi connectivity index (χ0v) is 7.37. The third-order valence-electron chi connectivity index (χ3n) is 2.08. The summed E-state index contributed by atoms with van der Waals surface area (Å²) < 4.78 is 10.7. The van der Waals surface area contributed by atoms with Gasteiger partial charge in [-0.2, -0.15) is 0 Å². The molecular formula is C10H10O3. The van der Waals surface area contributed by atoms with Gasteiger partial charge in [0.15, 0.2) is 17.8 Å². The van der Waals surface area contributed by atoms with Crippen LogP contribution >= 0.6 is 0 Å². The Morgan fingerprint density at radius 1 is 1.31 bits per heavy atom. The molecule has 1 aliphatic heterocycles. The van der Waals surface area contributed by atoms with Crippen molar-refractivity contribution in [1.82, 2.24) is 0 Å². The lowest BCUT2D eigenvalue weighted by Gasteiger charge is -2.20. The Kier molecular flexibility index (Phi) is 1.93. The maximum atomic E-state index is 10.8. The summed E-state index contributed by atoms with van der Waals surface area (Å²) in [7, 11) is 0. The maximum Gasteiger partial charge on any atom is 0.172 e. The fourth-order valence-corrected chi connectivity index (χ4v) is 1.38. The Morgan fingerprint density at radius 3 is 2.85 bits per heavy atom. The Hall–Kier alpha value is -1.51. The first-order chi connectivity index (χ1) is 6.33. The van der Waals surface area contributed by atoms with Crippen molar-refractivity contribution in [1.29, 1.82) is 0 Å². The van der Waals surface area contributed by atoms with Crippen LogP contribution in [0, 0.1) is 6.92 Å². The number of carbonyl (C=O) groups excluding carboxylic acids is 1. The summed E-state index contributed by atoms with van der Waals surface area (Å²) in [5.74, 6) is 1.25. The minimum absolute atomic E-state index is 0.511.